The van der Waals surface area contributed by atoms with E-state index in [9.17, 15) is 14.0 Å². The van der Waals surface area contributed by atoms with Crippen molar-refractivity contribution in [3.05, 3.63) is 70.4 Å². The fourth-order valence-electron chi connectivity index (χ4n) is 5.10. The fraction of sp³-hybridized carbons (Fsp3) is 0.321. The van der Waals surface area contributed by atoms with E-state index in [0.29, 0.717) is 28.2 Å². The summed E-state index contributed by atoms with van der Waals surface area (Å²) in [5.41, 5.74) is 3.25. The Hall–Kier alpha value is -4.05. The van der Waals surface area contributed by atoms with Gasteiger partial charge in [-0.25, -0.2) is 19.0 Å². The van der Waals surface area contributed by atoms with Crippen LogP contribution in [0, 0.1) is 12.7 Å². The average Bonchev–Trinajstić information content (AvgIpc) is 3.31. The first-order chi connectivity index (χ1) is 18.6. The van der Waals surface area contributed by atoms with E-state index in [1.54, 1.807) is 31.5 Å². The molecule has 2 aromatic carbocycles. The Kier molecular flexibility index (Phi) is 6.98. The maximum atomic E-state index is 14.6. The number of piperazine rings is 1. The molecule has 11 heteroatoms. The molecule has 3 atom stereocenters. The van der Waals surface area contributed by atoms with Crippen LogP contribution in [0.25, 0.3) is 22.3 Å². The summed E-state index contributed by atoms with van der Waals surface area (Å²) in [5.74, 6) is 0.126. The van der Waals surface area contributed by atoms with Gasteiger partial charge in [0.15, 0.2) is 5.82 Å². The van der Waals surface area contributed by atoms with E-state index in [4.69, 9.17) is 21.3 Å². The highest BCUT2D eigenvalue weighted by molar-refractivity contribution is 6.31. The number of halogens is 2. The second-order valence-corrected chi connectivity index (χ2v) is 10.1. The second kappa shape index (κ2) is 10.3. The van der Waals surface area contributed by atoms with E-state index in [-0.39, 0.29) is 23.4 Å². The summed E-state index contributed by atoms with van der Waals surface area (Å²) in [6.07, 6.45) is 1.49. The number of carbonyl (C=O) groups excluding carboxylic acids is 2. The van der Waals surface area contributed by atoms with E-state index in [2.05, 4.69) is 15.4 Å². The topological polar surface area (TPSA) is 102 Å². The first-order valence-corrected chi connectivity index (χ1v) is 12.9. The molecule has 4 aromatic rings. The number of nitrogens with one attached hydrogen (secondary N) is 1. The summed E-state index contributed by atoms with van der Waals surface area (Å²) in [5, 5.41) is 7.85. The van der Waals surface area contributed by atoms with Gasteiger partial charge in [-0.05, 0) is 57.5 Å². The van der Waals surface area contributed by atoms with Crippen molar-refractivity contribution in [1.29, 1.82) is 0 Å². The zero-order chi connectivity index (χ0) is 28.0. The smallest absolute Gasteiger partial charge is 0.246 e. The van der Waals surface area contributed by atoms with Crippen LogP contribution in [0.4, 0.5) is 4.39 Å². The largest absolute Gasteiger partial charge is 0.487 e. The fourth-order valence-corrected chi connectivity index (χ4v) is 5.37. The second-order valence-electron chi connectivity index (χ2n) is 9.74. The summed E-state index contributed by atoms with van der Waals surface area (Å²) in [6.45, 7) is 6.90. The summed E-state index contributed by atoms with van der Waals surface area (Å²) in [7, 11) is 1.82. The van der Waals surface area contributed by atoms with Crippen LogP contribution < -0.4 is 10.1 Å². The van der Waals surface area contributed by atoms with Crippen molar-refractivity contribution in [3.8, 4) is 17.1 Å². The van der Waals surface area contributed by atoms with Crippen LogP contribution in [0.3, 0.4) is 0 Å². The molecule has 1 saturated heterocycles. The Bertz CT molecular complexity index is 1610. The number of benzene rings is 2. The first-order valence-electron chi connectivity index (χ1n) is 12.5. The highest BCUT2D eigenvalue weighted by Gasteiger charge is 2.39. The van der Waals surface area contributed by atoms with Gasteiger partial charge in [0.2, 0.25) is 11.8 Å². The monoisotopic (exact) mass is 550 g/mol. The Morgan fingerprint density at radius 3 is 2.69 bits per heavy atom. The number of hydrogen-bond donors (Lipinski definition) is 1. The number of rotatable bonds is 6. The molecule has 0 bridgehead atoms. The number of ether oxygens (including phenoxy) is 1. The standard InChI is InChI=1S/C28H28ClFN6O3/c1-14-9-21(26-31-13-32-35(26)5)19-7-6-8-24(25(19)33-14)39-12-22-20(10-18(30)11-23(22)29)16(3)36-17(4)27(37)34-15(2)28(36)38/h6-11,13,15-17H,12H2,1-5H3,(H,34,37)/t15-,16+,17-/m1/s1. The Morgan fingerprint density at radius 2 is 1.97 bits per heavy atom. The molecule has 0 aliphatic carbocycles. The zero-order valence-corrected chi connectivity index (χ0v) is 23.0. The van der Waals surface area contributed by atoms with Crippen LogP contribution in [-0.2, 0) is 23.2 Å². The average molecular weight is 551 g/mol. The Balaban J connectivity index is 1.53. The molecule has 1 fully saturated rings. The molecule has 0 spiro atoms. The molecular weight excluding hydrogens is 523 g/mol. The highest BCUT2D eigenvalue weighted by atomic mass is 35.5. The van der Waals surface area contributed by atoms with Gasteiger partial charge < -0.3 is 15.0 Å². The van der Waals surface area contributed by atoms with Crippen molar-refractivity contribution in [2.75, 3.05) is 0 Å². The predicted molar refractivity (Wildman–Crippen MR) is 145 cm³/mol. The van der Waals surface area contributed by atoms with Crippen LogP contribution in [0.15, 0.2) is 42.7 Å². The maximum Gasteiger partial charge on any atom is 0.246 e. The lowest BCUT2D eigenvalue weighted by molar-refractivity contribution is -0.150. The third kappa shape index (κ3) is 4.80. The SMILES string of the molecule is Cc1cc(-c2ncnn2C)c2cccc(OCc3c(Cl)cc(F)cc3[C@H](C)N3C(=O)[C@@H](C)NC(=O)[C@H]3C)c2n1. The number of fused-ring (bicyclic) bond motifs is 1. The molecule has 1 aliphatic rings. The number of pyridine rings is 1. The molecule has 0 radical (unpaired) electrons. The molecule has 5 rings (SSSR count). The van der Waals surface area contributed by atoms with Gasteiger partial charge in [-0.1, -0.05) is 23.7 Å². The van der Waals surface area contributed by atoms with E-state index in [0.717, 1.165) is 16.6 Å². The van der Waals surface area contributed by atoms with Gasteiger partial charge in [-0.3, -0.25) is 9.59 Å². The molecule has 39 heavy (non-hydrogen) atoms. The summed E-state index contributed by atoms with van der Waals surface area (Å²) < 4.78 is 22.5. The van der Waals surface area contributed by atoms with Crippen LogP contribution >= 0.6 is 11.6 Å². The molecule has 0 unspecified atom stereocenters. The number of nitrogens with zero attached hydrogens (tertiary/aromatic N) is 5. The van der Waals surface area contributed by atoms with Gasteiger partial charge in [0.1, 0.15) is 42.1 Å². The van der Waals surface area contributed by atoms with Crippen LogP contribution in [0.1, 0.15) is 43.6 Å². The first kappa shape index (κ1) is 26.6. The van der Waals surface area contributed by atoms with Gasteiger partial charge in [0.05, 0.1) is 11.1 Å². The van der Waals surface area contributed by atoms with E-state index < -0.39 is 23.9 Å². The number of aromatic nitrogens is 4. The summed E-state index contributed by atoms with van der Waals surface area (Å²) in [4.78, 5) is 36.1. The number of aryl methyl sites for hydroxylation is 2. The van der Waals surface area contributed by atoms with Crippen molar-refractivity contribution in [2.45, 2.75) is 52.4 Å². The van der Waals surface area contributed by atoms with Crippen molar-refractivity contribution in [1.82, 2.24) is 30.0 Å². The normalized spacial score (nSPS) is 18.4. The third-order valence-electron chi connectivity index (χ3n) is 7.10. The van der Waals surface area contributed by atoms with Crippen LogP contribution in [0.2, 0.25) is 5.02 Å². The van der Waals surface area contributed by atoms with Crippen LogP contribution in [0.5, 0.6) is 5.75 Å². The minimum absolute atomic E-state index is 0.00895. The van der Waals surface area contributed by atoms with Crippen molar-refractivity contribution in [2.24, 2.45) is 7.05 Å². The summed E-state index contributed by atoms with van der Waals surface area (Å²) >= 11 is 6.53. The lowest BCUT2D eigenvalue weighted by Crippen LogP contribution is -2.61. The number of hydrogen-bond acceptors (Lipinski definition) is 6. The minimum Gasteiger partial charge on any atom is -0.487 e. The lowest BCUT2D eigenvalue weighted by atomic mass is 9.96. The van der Waals surface area contributed by atoms with Crippen molar-refractivity contribution >= 4 is 34.3 Å². The highest BCUT2D eigenvalue weighted by Crippen LogP contribution is 2.36. The minimum atomic E-state index is -0.733. The van der Waals surface area contributed by atoms with Crippen molar-refractivity contribution in [3.63, 3.8) is 0 Å². The maximum absolute atomic E-state index is 14.6. The van der Waals surface area contributed by atoms with Gasteiger partial charge in [-0.15, -0.1) is 0 Å². The molecule has 202 valence electrons. The van der Waals surface area contributed by atoms with Gasteiger partial charge in [0, 0.05) is 29.3 Å². The molecule has 1 N–H and O–H groups in total. The molecule has 9 nitrogen and oxygen atoms in total. The zero-order valence-electron chi connectivity index (χ0n) is 22.2. The molecule has 3 heterocycles. The number of para-hydroxylation sites is 1. The third-order valence-corrected chi connectivity index (χ3v) is 7.43. The van der Waals surface area contributed by atoms with E-state index in [1.807, 2.05) is 32.2 Å². The van der Waals surface area contributed by atoms with E-state index in [1.165, 1.54) is 23.4 Å². The number of amides is 2. The number of carbonyl (C=O) groups is 2. The molecule has 2 aromatic heterocycles. The van der Waals surface area contributed by atoms with Gasteiger partial charge in [-0.2, -0.15) is 5.10 Å². The predicted octanol–water partition coefficient (Wildman–Crippen LogP) is 4.51. The Labute approximate surface area is 229 Å². The van der Waals surface area contributed by atoms with E-state index >= 15 is 0 Å². The lowest BCUT2D eigenvalue weighted by Gasteiger charge is -2.40. The molecule has 1 aliphatic heterocycles. The molecule has 2 amide bonds. The van der Waals surface area contributed by atoms with Gasteiger partial charge >= 0.3 is 0 Å². The summed E-state index contributed by atoms with van der Waals surface area (Å²) in [6, 6.07) is 8.04. The molecule has 0 saturated carbocycles. The van der Waals surface area contributed by atoms with Gasteiger partial charge in [0.25, 0.3) is 0 Å². The Morgan fingerprint density at radius 1 is 1.21 bits per heavy atom. The van der Waals surface area contributed by atoms with Crippen molar-refractivity contribution < 1.29 is 18.7 Å². The molecular formula is C28H28ClFN6O3. The van der Waals surface area contributed by atoms with Crippen LogP contribution in [-0.4, -0.2) is 48.5 Å². The quantitative estimate of drug-likeness (QED) is 0.379.